The van der Waals surface area contributed by atoms with Crippen LogP contribution in [0.3, 0.4) is 0 Å². The van der Waals surface area contributed by atoms with Crippen molar-refractivity contribution in [3.63, 3.8) is 0 Å². The zero-order chi connectivity index (χ0) is 19.9. The average Bonchev–Trinajstić information content (AvgIpc) is 2.65. The SMILES string of the molecule is CCN(CC)CCNc1nc(Cc2ccccc2OC)nc(C(Cl)(Cl)Cl)n1. The Kier molecular flexibility index (Phi) is 8.35. The molecular weight excluding hydrogens is 409 g/mol. The summed E-state index contributed by atoms with van der Waals surface area (Å²) in [5.74, 6) is 1.74. The van der Waals surface area contributed by atoms with E-state index in [0.29, 0.717) is 24.7 Å². The number of para-hydroxylation sites is 1. The molecule has 2 aromatic rings. The summed E-state index contributed by atoms with van der Waals surface area (Å²) in [6, 6.07) is 7.67. The third-order valence-electron chi connectivity index (χ3n) is 4.08. The van der Waals surface area contributed by atoms with Crippen LogP contribution in [0.5, 0.6) is 5.75 Å². The maximum absolute atomic E-state index is 6.01. The number of methoxy groups -OCH3 is 1. The molecule has 0 unspecified atom stereocenters. The molecule has 0 fully saturated rings. The summed E-state index contributed by atoms with van der Waals surface area (Å²) < 4.78 is 3.66. The van der Waals surface area contributed by atoms with Gasteiger partial charge in [-0.1, -0.05) is 66.8 Å². The molecule has 148 valence electrons. The van der Waals surface area contributed by atoms with Gasteiger partial charge in [0, 0.05) is 25.1 Å². The molecule has 0 bridgehead atoms. The number of benzene rings is 1. The molecule has 2 rings (SSSR count). The first-order chi connectivity index (χ1) is 12.9. The maximum Gasteiger partial charge on any atom is 0.250 e. The van der Waals surface area contributed by atoms with Crippen molar-refractivity contribution >= 4 is 40.8 Å². The van der Waals surface area contributed by atoms with Gasteiger partial charge in [0.2, 0.25) is 9.74 Å². The Morgan fingerprint density at radius 2 is 1.78 bits per heavy atom. The van der Waals surface area contributed by atoms with Gasteiger partial charge in [-0.05, 0) is 19.2 Å². The molecule has 0 amide bonds. The van der Waals surface area contributed by atoms with E-state index in [1.807, 2.05) is 24.3 Å². The van der Waals surface area contributed by atoms with E-state index >= 15 is 0 Å². The topological polar surface area (TPSA) is 63.2 Å². The van der Waals surface area contributed by atoms with Crippen molar-refractivity contribution in [2.45, 2.75) is 24.1 Å². The van der Waals surface area contributed by atoms with E-state index in [9.17, 15) is 0 Å². The van der Waals surface area contributed by atoms with Crippen LogP contribution in [0.4, 0.5) is 5.95 Å². The molecule has 0 aliphatic heterocycles. The number of nitrogens with zero attached hydrogens (tertiary/aromatic N) is 4. The van der Waals surface area contributed by atoms with Crippen molar-refractivity contribution in [3.05, 3.63) is 41.5 Å². The molecule has 1 heterocycles. The van der Waals surface area contributed by atoms with Crippen molar-refractivity contribution in [1.82, 2.24) is 19.9 Å². The second-order valence-electron chi connectivity index (χ2n) is 5.84. The quantitative estimate of drug-likeness (QED) is 0.603. The monoisotopic (exact) mass is 431 g/mol. The van der Waals surface area contributed by atoms with E-state index in [0.717, 1.165) is 30.9 Å². The third kappa shape index (κ3) is 6.64. The molecule has 0 saturated heterocycles. The van der Waals surface area contributed by atoms with E-state index in [2.05, 4.69) is 39.0 Å². The summed E-state index contributed by atoms with van der Waals surface area (Å²) in [6.45, 7) is 7.75. The highest BCUT2D eigenvalue weighted by molar-refractivity contribution is 6.66. The summed E-state index contributed by atoms with van der Waals surface area (Å²) in [5.41, 5.74) is 0.940. The number of aromatic nitrogens is 3. The minimum atomic E-state index is -1.73. The molecule has 0 aliphatic carbocycles. The molecule has 9 heteroatoms. The lowest BCUT2D eigenvalue weighted by Crippen LogP contribution is -2.29. The Morgan fingerprint density at radius 3 is 2.41 bits per heavy atom. The fourth-order valence-electron chi connectivity index (χ4n) is 2.59. The maximum atomic E-state index is 6.01. The van der Waals surface area contributed by atoms with Gasteiger partial charge in [-0.15, -0.1) is 0 Å². The Hall–Kier alpha value is -1.34. The number of hydrogen-bond acceptors (Lipinski definition) is 6. The predicted octanol–water partition coefficient (Wildman–Crippen LogP) is 4.05. The first-order valence-corrected chi connectivity index (χ1v) is 9.91. The largest absolute Gasteiger partial charge is 0.496 e. The van der Waals surface area contributed by atoms with Gasteiger partial charge in [-0.25, -0.2) is 4.98 Å². The van der Waals surface area contributed by atoms with Gasteiger partial charge < -0.3 is 15.0 Å². The fourth-order valence-corrected chi connectivity index (χ4v) is 2.84. The molecular formula is C18H24Cl3N5O. The van der Waals surface area contributed by atoms with Crippen molar-refractivity contribution in [1.29, 1.82) is 0 Å². The number of rotatable bonds is 9. The average molecular weight is 433 g/mol. The normalized spacial score (nSPS) is 11.7. The van der Waals surface area contributed by atoms with E-state index in [1.54, 1.807) is 7.11 Å². The fraction of sp³-hybridized carbons (Fsp3) is 0.500. The van der Waals surface area contributed by atoms with Crippen LogP contribution in [0.15, 0.2) is 24.3 Å². The number of nitrogens with one attached hydrogen (secondary N) is 1. The minimum absolute atomic E-state index is 0.0951. The molecule has 6 nitrogen and oxygen atoms in total. The van der Waals surface area contributed by atoms with Crippen molar-refractivity contribution in [2.75, 3.05) is 38.6 Å². The highest BCUT2D eigenvalue weighted by atomic mass is 35.6. The Balaban J connectivity index is 2.23. The van der Waals surface area contributed by atoms with Gasteiger partial charge in [0.15, 0.2) is 5.82 Å². The lowest BCUT2D eigenvalue weighted by Gasteiger charge is -2.18. The number of anilines is 1. The standard InChI is InChI=1S/C18H24Cl3N5O/c1-4-26(5-2)11-10-22-17-24-15(23-16(25-17)18(19,20)21)12-13-8-6-7-9-14(13)27-3/h6-9H,4-5,10-12H2,1-3H3,(H,22,23,24,25). The van der Waals surface area contributed by atoms with E-state index in [-0.39, 0.29) is 5.82 Å². The first kappa shape index (κ1) is 22.0. The highest BCUT2D eigenvalue weighted by Crippen LogP contribution is 2.36. The molecule has 0 radical (unpaired) electrons. The number of halogens is 3. The van der Waals surface area contributed by atoms with Gasteiger partial charge >= 0.3 is 0 Å². The molecule has 27 heavy (non-hydrogen) atoms. The molecule has 1 aromatic carbocycles. The van der Waals surface area contributed by atoms with E-state index < -0.39 is 3.79 Å². The minimum Gasteiger partial charge on any atom is -0.496 e. The molecule has 1 N–H and O–H groups in total. The summed E-state index contributed by atoms with van der Waals surface area (Å²) in [7, 11) is 1.62. The van der Waals surface area contributed by atoms with Crippen molar-refractivity contribution in [3.8, 4) is 5.75 Å². The van der Waals surface area contributed by atoms with Gasteiger partial charge in [-0.3, -0.25) is 0 Å². The van der Waals surface area contributed by atoms with Crippen LogP contribution in [0.1, 0.15) is 31.1 Å². The molecule has 1 aromatic heterocycles. The molecule has 0 atom stereocenters. The van der Waals surface area contributed by atoms with Crippen molar-refractivity contribution < 1.29 is 4.74 Å². The van der Waals surface area contributed by atoms with Gasteiger partial charge in [0.25, 0.3) is 0 Å². The van der Waals surface area contributed by atoms with Gasteiger partial charge in [0.05, 0.1) is 7.11 Å². The number of ether oxygens (including phenoxy) is 1. The molecule has 0 spiro atoms. The zero-order valence-corrected chi connectivity index (χ0v) is 17.9. The summed E-state index contributed by atoms with van der Waals surface area (Å²) in [5, 5.41) is 3.20. The van der Waals surface area contributed by atoms with E-state index in [4.69, 9.17) is 39.5 Å². The smallest absolute Gasteiger partial charge is 0.250 e. The second kappa shape index (κ2) is 10.3. The summed E-state index contributed by atoms with van der Waals surface area (Å²) in [6.07, 6.45) is 0.436. The van der Waals surface area contributed by atoms with Crippen molar-refractivity contribution in [2.24, 2.45) is 0 Å². The zero-order valence-electron chi connectivity index (χ0n) is 15.7. The third-order valence-corrected chi connectivity index (χ3v) is 4.59. The predicted molar refractivity (Wildman–Crippen MR) is 111 cm³/mol. The lowest BCUT2D eigenvalue weighted by molar-refractivity contribution is 0.315. The van der Waals surface area contributed by atoms with Gasteiger partial charge in [0.1, 0.15) is 11.6 Å². The lowest BCUT2D eigenvalue weighted by atomic mass is 10.1. The number of alkyl halides is 3. The number of likely N-dealkylation sites (N-methyl/N-ethyl adjacent to an activating group) is 1. The highest BCUT2D eigenvalue weighted by Gasteiger charge is 2.28. The first-order valence-electron chi connectivity index (χ1n) is 8.77. The molecule has 0 aliphatic rings. The van der Waals surface area contributed by atoms with Crippen LogP contribution in [0.25, 0.3) is 0 Å². The van der Waals surface area contributed by atoms with Crippen LogP contribution in [0.2, 0.25) is 0 Å². The Labute approximate surface area is 175 Å². The van der Waals surface area contributed by atoms with Crippen LogP contribution >= 0.6 is 34.8 Å². The summed E-state index contributed by atoms with van der Waals surface area (Å²) in [4.78, 5) is 15.4. The summed E-state index contributed by atoms with van der Waals surface area (Å²) >= 11 is 18.0. The van der Waals surface area contributed by atoms with Crippen LogP contribution in [0, 0.1) is 0 Å². The van der Waals surface area contributed by atoms with Crippen LogP contribution < -0.4 is 10.1 Å². The van der Waals surface area contributed by atoms with E-state index in [1.165, 1.54) is 0 Å². The molecule has 0 saturated carbocycles. The number of hydrogen-bond donors (Lipinski definition) is 1. The van der Waals surface area contributed by atoms with Crippen LogP contribution in [-0.4, -0.2) is 53.1 Å². The second-order valence-corrected chi connectivity index (χ2v) is 8.12. The Morgan fingerprint density at radius 1 is 1.07 bits per heavy atom. The van der Waals surface area contributed by atoms with Gasteiger partial charge in [-0.2, -0.15) is 9.97 Å². The Bertz CT molecular complexity index is 735. The van der Waals surface area contributed by atoms with Crippen LogP contribution in [-0.2, 0) is 10.2 Å².